The van der Waals surface area contributed by atoms with E-state index in [1.807, 2.05) is 21.1 Å². The van der Waals surface area contributed by atoms with E-state index in [-0.39, 0.29) is 42.7 Å². The Morgan fingerprint density at radius 2 is 1.63 bits per heavy atom. The first-order valence-electron chi connectivity index (χ1n) is 6.62. The lowest BCUT2D eigenvalue weighted by molar-refractivity contribution is -0.870. The first-order chi connectivity index (χ1) is 8.61. The fourth-order valence-corrected chi connectivity index (χ4v) is 1.23. The van der Waals surface area contributed by atoms with Crippen LogP contribution in [0.4, 0.5) is 0 Å². The minimum absolute atomic E-state index is 0.0569. The molecule has 0 saturated carbocycles. The molecule has 0 radical (unpaired) electrons. The molecule has 19 heavy (non-hydrogen) atoms. The van der Waals surface area contributed by atoms with E-state index in [2.05, 4.69) is 0 Å². The highest BCUT2D eigenvalue weighted by Gasteiger charge is 2.15. The minimum Gasteiger partial charge on any atom is -0.460 e. The molecule has 0 heterocycles. The molecule has 5 nitrogen and oxygen atoms in total. The van der Waals surface area contributed by atoms with Crippen molar-refractivity contribution in [1.29, 1.82) is 0 Å². The summed E-state index contributed by atoms with van der Waals surface area (Å²) in [6.07, 6.45) is 0.0623. The van der Waals surface area contributed by atoms with E-state index < -0.39 is 0 Å². The van der Waals surface area contributed by atoms with Crippen LogP contribution in [0.1, 0.15) is 33.1 Å². The number of nitrogens with zero attached hydrogens (tertiary/aromatic N) is 1. The van der Waals surface area contributed by atoms with Crippen LogP contribution in [0, 0.1) is 5.92 Å². The number of esters is 1. The van der Waals surface area contributed by atoms with E-state index in [9.17, 15) is 14.4 Å². The number of ether oxygens (including phenoxy) is 1. The molecule has 0 saturated heterocycles. The second kappa shape index (κ2) is 8.04. The Labute approximate surface area is 115 Å². The Bertz CT molecular complexity index is 329. The molecule has 0 aromatic heterocycles. The summed E-state index contributed by atoms with van der Waals surface area (Å²) in [5, 5.41) is 0. The summed E-state index contributed by atoms with van der Waals surface area (Å²) in [7, 11) is 6.03. The van der Waals surface area contributed by atoms with Crippen LogP contribution in [0.5, 0.6) is 0 Å². The van der Waals surface area contributed by atoms with Gasteiger partial charge in [0, 0.05) is 12.3 Å². The standard InChI is InChI=1S/C14H26NO4/c1-11(2)13(17)10-12(16)6-7-14(18)19-9-8-15(3,4)5/h11H,6-10H2,1-5H3/q+1. The Morgan fingerprint density at radius 3 is 2.11 bits per heavy atom. The maximum absolute atomic E-state index is 11.5. The van der Waals surface area contributed by atoms with Gasteiger partial charge in [-0.05, 0) is 0 Å². The highest BCUT2D eigenvalue weighted by atomic mass is 16.5. The highest BCUT2D eigenvalue weighted by Crippen LogP contribution is 2.04. The predicted octanol–water partition coefficient (Wildman–Crippen LogP) is 1.20. The topological polar surface area (TPSA) is 60.4 Å². The minimum atomic E-state index is -0.376. The number of Topliss-reactive ketones (excluding diaryl/α,β-unsaturated/α-hetero) is 2. The number of ketones is 2. The van der Waals surface area contributed by atoms with Gasteiger partial charge < -0.3 is 9.22 Å². The fraction of sp³-hybridized carbons (Fsp3) is 0.786. The van der Waals surface area contributed by atoms with Gasteiger partial charge >= 0.3 is 5.97 Å². The molecule has 0 amide bonds. The molecule has 110 valence electrons. The highest BCUT2D eigenvalue weighted by molar-refractivity contribution is 6.00. The molecule has 0 aliphatic heterocycles. The van der Waals surface area contributed by atoms with Crippen molar-refractivity contribution in [2.45, 2.75) is 33.1 Å². The van der Waals surface area contributed by atoms with Crippen molar-refractivity contribution >= 4 is 17.5 Å². The molecular formula is C14H26NO4+. The summed E-state index contributed by atoms with van der Waals surface area (Å²) in [5.74, 6) is -0.787. The summed E-state index contributed by atoms with van der Waals surface area (Å²) in [5.41, 5.74) is 0. The van der Waals surface area contributed by atoms with Crippen molar-refractivity contribution in [1.82, 2.24) is 0 Å². The largest absolute Gasteiger partial charge is 0.460 e. The van der Waals surface area contributed by atoms with Crippen molar-refractivity contribution < 1.29 is 23.6 Å². The zero-order valence-corrected chi connectivity index (χ0v) is 12.7. The molecule has 0 atom stereocenters. The van der Waals surface area contributed by atoms with Gasteiger partial charge in [-0.3, -0.25) is 14.4 Å². The molecule has 0 aliphatic rings. The van der Waals surface area contributed by atoms with Crippen molar-refractivity contribution in [3.05, 3.63) is 0 Å². The second-order valence-corrected chi connectivity index (χ2v) is 6.07. The third kappa shape index (κ3) is 10.4. The average molecular weight is 272 g/mol. The van der Waals surface area contributed by atoms with Gasteiger partial charge in [0.1, 0.15) is 24.7 Å². The number of carbonyl (C=O) groups is 3. The van der Waals surface area contributed by atoms with Crippen LogP contribution in [0.3, 0.4) is 0 Å². The maximum atomic E-state index is 11.5. The van der Waals surface area contributed by atoms with Gasteiger partial charge in [0.25, 0.3) is 0 Å². The Kier molecular flexibility index (Phi) is 7.52. The lowest BCUT2D eigenvalue weighted by Crippen LogP contribution is -2.38. The van der Waals surface area contributed by atoms with Crippen molar-refractivity contribution in [2.24, 2.45) is 5.92 Å². The quantitative estimate of drug-likeness (QED) is 0.359. The zero-order chi connectivity index (χ0) is 15.1. The summed E-state index contributed by atoms with van der Waals surface area (Å²) >= 11 is 0. The molecule has 0 fully saturated rings. The van der Waals surface area contributed by atoms with Gasteiger partial charge in [0.15, 0.2) is 0 Å². The lowest BCUT2D eigenvalue weighted by Gasteiger charge is -2.23. The molecule has 0 bridgehead atoms. The first kappa shape index (κ1) is 17.8. The van der Waals surface area contributed by atoms with Crippen LogP contribution >= 0.6 is 0 Å². The maximum Gasteiger partial charge on any atom is 0.306 e. The van der Waals surface area contributed by atoms with Gasteiger partial charge in [-0.1, -0.05) is 13.8 Å². The number of hydrogen-bond acceptors (Lipinski definition) is 4. The molecule has 0 aromatic rings. The normalized spacial score (nSPS) is 11.5. The summed E-state index contributed by atoms with van der Waals surface area (Å²) in [6, 6.07) is 0. The smallest absolute Gasteiger partial charge is 0.306 e. The average Bonchev–Trinajstić information content (AvgIpc) is 2.24. The molecule has 0 aromatic carbocycles. The van der Waals surface area contributed by atoms with Crippen LogP contribution in [0.25, 0.3) is 0 Å². The van der Waals surface area contributed by atoms with E-state index in [4.69, 9.17) is 4.74 Å². The molecule has 5 heteroatoms. The van der Waals surface area contributed by atoms with E-state index in [0.29, 0.717) is 6.61 Å². The first-order valence-corrected chi connectivity index (χ1v) is 6.62. The number of quaternary nitrogens is 1. The second-order valence-electron chi connectivity index (χ2n) is 6.07. The monoisotopic (exact) mass is 272 g/mol. The molecule has 0 N–H and O–H groups in total. The molecule has 0 rings (SSSR count). The van der Waals surface area contributed by atoms with Gasteiger partial charge in [0.05, 0.1) is 34.0 Å². The van der Waals surface area contributed by atoms with E-state index >= 15 is 0 Å². The van der Waals surface area contributed by atoms with E-state index in [1.54, 1.807) is 13.8 Å². The van der Waals surface area contributed by atoms with Gasteiger partial charge in [0.2, 0.25) is 0 Å². The summed E-state index contributed by atoms with van der Waals surface area (Å²) in [6.45, 7) is 4.59. The molecule has 0 unspecified atom stereocenters. The number of carbonyl (C=O) groups excluding carboxylic acids is 3. The Hall–Kier alpha value is -1.23. The molecule has 0 spiro atoms. The third-order valence-corrected chi connectivity index (χ3v) is 2.65. The number of hydrogen-bond donors (Lipinski definition) is 0. The van der Waals surface area contributed by atoms with Crippen molar-refractivity contribution in [3.63, 3.8) is 0 Å². The third-order valence-electron chi connectivity index (χ3n) is 2.65. The Morgan fingerprint density at radius 1 is 1.05 bits per heavy atom. The SMILES string of the molecule is CC(C)C(=O)CC(=O)CCC(=O)OCC[N+](C)(C)C. The predicted molar refractivity (Wildman–Crippen MR) is 72.6 cm³/mol. The van der Waals surface area contributed by atoms with Crippen molar-refractivity contribution in [2.75, 3.05) is 34.3 Å². The van der Waals surface area contributed by atoms with Crippen LogP contribution in [-0.4, -0.2) is 56.3 Å². The van der Waals surface area contributed by atoms with Crippen LogP contribution in [-0.2, 0) is 19.1 Å². The van der Waals surface area contributed by atoms with Crippen molar-refractivity contribution in [3.8, 4) is 0 Å². The number of likely N-dealkylation sites (N-methyl/N-ethyl adjacent to an activating group) is 1. The van der Waals surface area contributed by atoms with Gasteiger partial charge in [-0.15, -0.1) is 0 Å². The number of rotatable bonds is 9. The molecule has 0 aliphatic carbocycles. The van der Waals surface area contributed by atoms with E-state index in [0.717, 1.165) is 11.0 Å². The fourth-order valence-electron chi connectivity index (χ4n) is 1.23. The van der Waals surface area contributed by atoms with Gasteiger partial charge in [-0.2, -0.15) is 0 Å². The zero-order valence-electron chi connectivity index (χ0n) is 12.7. The lowest BCUT2D eigenvalue weighted by atomic mass is 10.0. The van der Waals surface area contributed by atoms with Crippen LogP contribution < -0.4 is 0 Å². The Balaban J connectivity index is 3.79. The van der Waals surface area contributed by atoms with Gasteiger partial charge in [-0.25, -0.2) is 0 Å². The van der Waals surface area contributed by atoms with Crippen LogP contribution in [0.15, 0.2) is 0 Å². The summed E-state index contributed by atoms with van der Waals surface area (Å²) < 4.78 is 5.75. The van der Waals surface area contributed by atoms with E-state index in [1.165, 1.54) is 0 Å². The van der Waals surface area contributed by atoms with Crippen LogP contribution in [0.2, 0.25) is 0 Å². The summed E-state index contributed by atoms with van der Waals surface area (Å²) in [4.78, 5) is 34.2. The molecular weight excluding hydrogens is 246 g/mol.